The molecule has 0 unspecified atom stereocenters. The fourth-order valence-corrected chi connectivity index (χ4v) is 9.27. The van der Waals surface area contributed by atoms with Crippen LogP contribution in [0, 0.1) is 0 Å². The number of nitrogens with zero attached hydrogens (tertiary/aromatic N) is 2. The predicted molar refractivity (Wildman–Crippen MR) is 219 cm³/mol. The first kappa shape index (κ1) is 28.4. The molecule has 0 radical (unpaired) electrons. The molecule has 252 valence electrons. The van der Waals surface area contributed by atoms with Crippen LogP contribution in [0.4, 0.5) is 0 Å². The molecule has 5 heteroatoms. The second-order valence-electron chi connectivity index (χ2n) is 14.4. The van der Waals surface area contributed by atoms with Crippen molar-refractivity contribution in [3.8, 4) is 22.9 Å². The fraction of sp³-hybridized carbons (Fsp3) is 0.0204. The van der Waals surface area contributed by atoms with E-state index in [2.05, 4.69) is 143 Å². The van der Waals surface area contributed by atoms with Gasteiger partial charge in [-0.05, 0) is 78.9 Å². The summed E-state index contributed by atoms with van der Waals surface area (Å²) in [7, 11) is 0. The van der Waals surface area contributed by atoms with Crippen LogP contribution in [0.2, 0.25) is 0 Å². The van der Waals surface area contributed by atoms with Crippen molar-refractivity contribution >= 4 is 87.5 Å². The molecule has 13 rings (SSSR count). The third kappa shape index (κ3) is 3.67. The van der Waals surface area contributed by atoms with E-state index >= 15 is 0 Å². The molecule has 5 heterocycles. The van der Waals surface area contributed by atoms with Gasteiger partial charge in [-0.25, -0.2) is 0 Å². The molecule has 12 aromatic rings. The predicted octanol–water partition coefficient (Wildman–Crippen LogP) is 13.4. The number of rotatable bonds is 2. The van der Waals surface area contributed by atoms with E-state index in [4.69, 9.17) is 13.6 Å². The highest BCUT2D eigenvalue weighted by atomic mass is 16.5. The highest BCUT2D eigenvalue weighted by molar-refractivity contribution is 6.16. The van der Waals surface area contributed by atoms with Crippen LogP contribution < -0.4 is 4.74 Å². The Hall–Kier alpha value is -7.24. The summed E-state index contributed by atoms with van der Waals surface area (Å²) in [6.07, 6.45) is 0.768. The largest absolute Gasteiger partial charge is 0.456 e. The number of ether oxygens (including phenoxy) is 1. The molecule has 1 aliphatic heterocycles. The van der Waals surface area contributed by atoms with Crippen LogP contribution in [0.5, 0.6) is 11.5 Å². The molecule has 1 aliphatic rings. The molecule has 4 aromatic heterocycles. The van der Waals surface area contributed by atoms with Gasteiger partial charge in [0.25, 0.3) is 0 Å². The number of hydrogen-bond acceptors (Lipinski definition) is 3. The zero-order valence-electron chi connectivity index (χ0n) is 28.8. The number of hydrogen-bond donors (Lipinski definition) is 0. The van der Waals surface area contributed by atoms with E-state index < -0.39 is 0 Å². The molecule has 0 fully saturated rings. The number of fused-ring (bicyclic) bond motifs is 16. The van der Waals surface area contributed by atoms with Gasteiger partial charge in [-0.1, -0.05) is 78.9 Å². The van der Waals surface area contributed by atoms with Crippen molar-refractivity contribution in [1.29, 1.82) is 0 Å². The number of benzene rings is 8. The summed E-state index contributed by atoms with van der Waals surface area (Å²) in [6, 6.07) is 55.9. The zero-order valence-corrected chi connectivity index (χ0v) is 28.8. The minimum atomic E-state index is 0.768. The maximum absolute atomic E-state index is 7.08. The molecule has 0 saturated carbocycles. The molecule has 5 nitrogen and oxygen atoms in total. The number of furan rings is 2. The quantitative estimate of drug-likeness (QED) is 0.181. The van der Waals surface area contributed by atoms with Gasteiger partial charge in [0.2, 0.25) is 0 Å². The van der Waals surface area contributed by atoms with Crippen molar-refractivity contribution in [2.24, 2.45) is 0 Å². The van der Waals surface area contributed by atoms with Crippen LogP contribution in [-0.4, -0.2) is 9.13 Å². The van der Waals surface area contributed by atoms with E-state index in [1.165, 1.54) is 32.8 Å². The summed E-state index contributed by atoms with van der Waals surface area (Å²) >= 11 is 0. The lowest BCUT2D eigenvalue weighted by molar-refractivity contribution is 0.467. The minimum absolute atomic E-state index is 0.768. The molecular weight excluding hydrogens is 665 g/mol. The summed E-state index contributed by atoms with van der Waals surface area (Å²) in [5.41, 5.74) is 12.8. The Kier molecular flexibility index (Phi) is 5.36. The van der Waals surface area contributed by atoms with E-state index in [0.29, 0.717) is 0 Å². The van der Waals surface area contributed by atoms with Crippen molar-refractivity contribution < 1.29 is 13.6 Å². The van der Waals surface area contributed by atoms with Gasteiger partial charge in [0.05, 0.1) is 27.5 Å². The van der Waals surface area contributed by atoms with Gasteiger partial charge in [0, 0.05) is 66.6 Å². The van der Waals surface area contributed by atoms with Crippen molar-refractivity contribution in [3.05, 3.63) is 169 Å². The first-order valence-corrected chi connectivity index (χ1v) is 18.4. The standard InChI is InChI=1S/C49H28N2O3/c1-5-13-38-33(11-1)47-37-25-28-17-20-41-48(34-12-2-6-14-39(34)51(41)30-19-23-45-36(27-30)32-10-4-8-16-43(32)53-45)49(28)54-46(37)24-21-40(47)50(38)29-18-22-44-35(26-29)31-9-3-7-15-42(31)52-44/h1-24,26-27H,25H2. The maximum atomic E-state index is 7.08. The molecule has 0 atom stereocenters. The lowest BCUT2D eigenvalue weighted by Gasteiger charge is -2.22. The second-order valence-corrected chi connectivity index (χ2v) is 14.4. The van der Waals surface area contributed by atoms with Crippen LogP contribution in [0.15, 0.2) is 167 Å². The number of para-hydroxylation sites is 4. The summed E-state index contributed by atoms with van der Waals surface area (Å²) in [5.74, 6) is 1.84. The molecule has 0 spiro atoms. The average Bonchev–Trinajstić information content (AvgIpc) is 3.97. The molecule has 0 N–H and O–H groups in total. The smallest absolute Gasteiger partial charge is 0.140 e. The molecular formula is C49H28N2O3. The Morgan fingerprint density at radius 1 is 0.389 bits per heavy atom. The van der Waals surface area contributed by atoms with Crippen LogP contribution in [0.1, 0.15) is 11.1 Å². The highest BCUT2D eigenvalue weighted by Gasteiger charge is 2.27. The van der Waals surface area contributed by atoms with Crippen molar-refractivity contribution in [1.82, 2.24) is 9.13 Å². The Bertz CT molecular complexity index is 3340. The van der Waals surface area contributed by atoms with Gasteiger partial charge >= 0.3 is 0 Å². The van der Waals surface area contributed by atoms with E-state index in [1.807, 2.05) is 24.3 Å². The van der Waals surface area contributed by atoms with E-state index in [1.54, 1.807) is 0 Å². The maximum Gasteiger partial charge on any atom is 0.140 e. The van der Waals surface area contributed by atoms with Crippen LogP contribution in [0.25, 0.3) is 98.9 Å². The van der Waals surface area contributed by atoms with Crippen LogP contribution in [-0.2, 0) is 6.42 Å². The van der Waals surface area contributed by atoms with Gasteiger partial charge in [-0.15, -0.1) is 0 Å². The lowest BCUT2D eigenvalue weighted by atomic mass is 9.94. The number of aromatic nitrogens is 2. The van der Waals surface area contributed by atoms with Gasteiger partial charge in [-0.3, -0.25) is 0 Å². The Morgan fingerprint density at radius 3 is 1.52 bits per heavy atom. The first-order valence-electron chi connectivity index (χ1n) is 18.4. The van der Waals surface area contributed by atoms with Gasteiger partial charge in [0.1, 0.15) is 33.8 Å². The average molecular weight is 693 g/mol. The zero-order chi connectivity index (χ0) is 35.1. The lowest BCUT2D eigenvalue weighted by Crippen LogP contribution is -2.04. The van der Waals surface area contributed by atoms with Crippen LogP contribution in [0.3, 0.4) is 0 Å². The molecule has 8 aromatic carbocycles. The monoisotopic (exact) mass is 692 g/mol. The third-order valence-electron chi connectivity index (χ3n) is 11.6. The normalized spacial score (nSPS) is 12.9. The molecule has 0 aliphatic carbocycles. The van der Waals surface area contributed by atoms with Gasteiger partial charge < -0.3 is 22.7 Å². The third-order valence-corrected chi connectivity index (χ3v) is 11.6. The Labute approximate surface area is 307 Å². The Morgan fingerprint density at radius 2 is 0.889 bits per heavy atom. The SMILES string of the molecule is c1ccc2c(c1)oc1ccc(-n3c4ccccc4c4c5c(ccc43)Oc3c(ccc4c3c3ccccc3n4-c3ccc4oc6ccccc6c4c3)C5)cc12. The van der Waals surface area contributed by atoms with Crippen molar-refractivity contribution in [2.45, 2.75) is 6.42 Å². The molecule has 54 heavy (non-hydrogen) atoms. The fourth-order valence-electron chi connectivity index (χ4n) is 9.27. The van der Waals surface area contributed by atoms with Crippen molar-refractivity contribution in [3.63, 3.8) is 0 Å². The summed E-state index contributed by atoms with van der Waals surface area (Å²) in [4.78, 5) is 0. The van der Waals surface area contributed by atoms with E-state index in [9.17, 15) is 0 Å². The molecule has 0 saturated heterocycles. The summed E-state index contributed by atoms with van der Waals surface area (Å²) in [6.45, 7) is 0. The van der Waals surface area contributed by atoms with Gasteiger partial charge in [-0.2, -0.15) is 0 Å². The molecule has 0 bridgehead atoms. The van der Waals surface area contributed by atoms with Gasteiger partial charge in [0.15, 0.2) is 0 Å². The van der Waals surface area contributed by atoms with Crippen molar-refractivity contribution in [2.75, 3.05) is 0 Å². The molecule has 0 amide bonds. The van der Waals surface area contributed by atoms with E-state index in [-0.39, 0.29) is 0 Å². The second kappa shape index (κ2) is 10.2. The highest BCUT2D eigenvalue weighted by Crippen LogP contribution is 2.49. The Balaban J connectivity index is 1.01. The van der Waals surface area contributed by atoms with Crippen LogP contribution >= 0.6 is 0 Å². The van der Waals surface area contributed by atoms with E-state index in [0.717, 1.165) is 95.1 Å². The first-order chi connectivity index (χ1) is 26.8. The summed E-state index contributed by atoms with van der Waals surface area (Å²) < 4.78 is 24.2. The summed E-state index contributed by atoms with van der Waals surface area (Å²) in [5, 5.41) is 9.22. The topological polar surface area (TPSA) is 45.4 Å². The minimum Gasteiger partial charge on any atom is -0.456 e.